The quantitative estimate of drug-likeness (QED) is 0.645. The Morgan fingerprint density at radius 3 is 2.71 bits per heavy atom. The lowest BCUT2D eigenvalue weighted by Crippen LogP contribution is -2.36. The van der Waals surface area contributed by atoms with Crippen LogP contribution in [-0.2, 0) is 0 Å². The van der Waals surface area contributed by atoms with Crippen molar-refractivity contribution in [1.82, 2.24) is 4.90 Å². The molecule has 0 atom stereocenters. The van der Waals surface area contributed by atoms with Crippen LogP contribution in [0.15, 0.2) is 18.2 Å². The van der Waals surface area contributed by atoms with E-state index in [4.69, 9.17) is 4.74 Å². The molecule has 21 heavy (non-hydrogen) atoms. The minimum Gasteiger partial charge on any atom is -0.496 e. The second kappa shape index (κ2) is 7.26. The molecule has 1 N–H and O–H groups in total. The summed E-state index contributed by atoms with van der Waals surface area (Å²) in [7, 11) is 1.51. The first kappa shape index (κ1) is 15.6. The number of methoxy groups -OCH3 is 1. The third-order valence-corrected chi connectivity index (χ3v) is 3.97. The highest BCUT2D eigenvalue weighted by molar-refractivity contribution is 5.56. The SMILES string of the molecule is COc1cc(NCCN2CCC(C)CC2)cc([N+](=O)[O-])c1. The first-order valence-corrected chi connectivity index (χ1v) is 7.38. The number of rotatable bonds is 6. The molecule has 1 heterocycles. The van der Waals surface area contributed by atoms with Crippen molar-refractivity contribution in [3.63, 3.8) is 0 Å². The number of nitro groups is 1. The number of nitrogens with one attached hydrogen (secondary N) is 1. The summed E-state index contributed by atoms with van der Waals surface area (Å²) in [5.41, 5.74) is 0.773. The van der Waals surface area contributed by atoms with Crippen LogP contribution in [0, 0.1) is 16.0 Å². The molecular formula is C15H23N3O3. The number of benzene rings is 1. The van der Waals surface area contributed by atoms with Gasteiger partial charge >= 0.3 is 0 Å². The molecule has 0 bridgehead atoms. The maximum absolute atomic E-state index is 10.9. The van der Waals surface area contributed by atoms with Gasteiger partial charge in [0, 0.05) is 30.9 Å². The van der Waals surface area contributed by atoms with Gasteiger partial charge in [-0.05, 0) is 31.8 Å². The van der Waals surface area contributed by atoms with Crippen LogP contribution in [0.25, 0.3) is 0 Å². The summed E-state index contributed by atoms with van der Waals surface area (Å²) in [6, 6.07) is 4.75. The van der Waals surface area contributed by atoms with Crippen molar-refractivity contribution in [2.75, 3.05) is 38.6 Å². The number of non-ortho nitro benzene ring substituents is 1. The van der Waals surface area contributed by atoms with E-state index in [9.17, 15) is 10.1 Å². The van der Waals surface area contributed by atoms with E-state index >= 15 is 0 Å². The molecule has 1 aromatic rings. The van der Waals surface area contributed by atoms with E-state index in [0.29, 0.717) is 5.75 Å². The van der Waals surface area contributed by atoms with Crippen molar-refractivity contribution in [1.29, 1.82) is 0 Å². The van der Waals surface area contributed by atoms with E-state index in [-0.39, 0.29) is 5.69 Å². The Balaban J connectivity index is 1.87. The molecule has 1 aliphatic rings. The lowest BCUT2D eigenvalue weighted by atomic mass is 9.99. The van der Waals surface area contributed by atoms with Crippen LogP contribution in [0.1, 0.15) is 19.8 Å². The van der Waals surface area contributed by atoms with Crippen LogP contribution in [0.5, 0.6) is 5.75 Å². The van der Waals surface area contributed by atoms with Crippen molar-refractivity contribution in [2.45, 2.75) is 19.8 Å². The van der Waals surface area contributed by atoms with E-state index in [1.165, 1.54) is 26.0 Å². The average molecular weight is 293 g/mol. The molecule has 116 valence electrons. The Hall–Kier alpha value is -1.82. The molecule has 0 aliphatic carbocycles. The zero-order chi connectivity index (χ0) is 15.2. The van der Waals surface area contributed by atoms with Gasteiger partial charge in [0.2, 0.25) is 0 Å². The van der Waals surface area contributed by atoms with Crippen LogP contribution < -0.4 is 10.1 Å². The number of hydrogen-bond acceptors (Lipinski definition) is 5. The van der Waals surface area contributed by atoms with Gasteiger partial charge in [-0.25, -0.2) is 0 Å². The molecule has 6 nitrogen and oxygen atoms in total. The average Bonchev–Trinajstić information content (AvgIpc) is 2.49. The summed E-state index contributed by atoms with van der Waals surface area (Å²) >= 11 is 0. The Labute approximate surface area is 125 Å². The maximum atomic E-state index is 10.9. The number of piperidine rings is 1. The molecule has 0 unspecified atom stereocenters. The predicted octanol–water partition coefficient (Wildman–Crippen LogP) is 2.75. The number of hydrogen-bond donors (Lipinski definition) is 1. The molecule has 0 radical (unpaired) electrons. The molecule has 0 saturated carbocycles. The van der Waals surface area contributed by atoms with Crippen LogP contribution in [-0.4, -0.2) is 43.1 Å². The summed E-state index contributed by atoms with van der Waals surface area (Å²) in [5.74, 6) is 1.33. The Kier molecular flexibility index (Phi) is 5.38. The maximum Gasteiger partial charge on any atom is 0.275 e. The smallest absolute Gasteiger partial charge is 0.275 e. The number of ether oxygens (including phenoxy) is 1. The second-order valence-electron chi connectivity index (χ2n) is 5.63. The summed E-state index contributed by atoms with van der Waals surface area (Å²) < 4.78 is 5.10. The normalized spacial score (nSPS) is 16.7. The molecule has 1 aromatic carbocycles. The largest absolute Gasteiger partial charge is 0.496 e. The molecule has 6 heteroatoms. The molecule has 0 amide bonds. The lowest BCUT2D eigenvalue weighted by Gasteiger charge is -2.30. The first-order valence-electron chi connectivity index (χ1n) is 7.38. The van der Waals surface area contributed by atoms with E-state index < -0.39 is 4.92 Å². The van der Waals surface area contributed by atoms with Crippen LogP contribution in [0.4, 0.5) is 11.4 Å². The summed E-state index contributed by atoms with van der Waals surface area (Å²) in [5, 5.41) is 14.1. The molecule has 1 aliphatic heterocycles. The molecule has 2 rings (SSSR count). The van der Waals surface area contributed by atoms with Crippen molar-refractivity contribution in [2.24, 2.45) is 5.92 Å². The number of nitro benzene ring substituents is 1. The van der Waals surface area contributed by atoms with Crippen LogP contribution in [0.3, 0.4) is 0 Å². The minimum atomic E-state index is -0.403. The first-order chi connectivity index (χ1) is 10.1. The summed E-state index contributed by atoms with van der Waals surface area (Å²) in [4.78, 5) is 12.9. The highest BCUT2D eigenvalue weighted by Crippen LogP contribution is 2.25. The van der Waals surface area contributed by atoms with Gasteiger partial charge in [-0.2, -0.15) is 0 Å². The van der Waals surface area contributed by atoms with E-state index in [2.05, 4.69) is 17.1 Å². The van der Waals surface area contributed by atoms with Gasteiger partial charge in [0.25, 0.3) is 5.69 Å². The topological polar surface area (TPSA) is 67.6 Å². The van der Waals surface area contributed by atoms with Gasteiger partial charge in [-0.3, -0.25) is 10.1 Å². The fraction of sp³-hybridized carbons (Fsp3) is 0.600. The van der Waals surface area contributed by atoms with E-state index in [0.717, 1.165) is 37.8 Å². The fourth-order valence-corrected chi connectivity index (χ4v) is 2.55. The molecule has 1 fully saturated rings. The summed E-state index contributed by atoms with van der Waals surface area (Å²) in [6.45, 7) is 6.31. The molecule has 1 saturated heterocycles. The molecule has 0 spiro atoms. The highest BCUT2D eigenvalue weighted by atomic mass is 16.6. The number of nitrogens with zero attached hydrogens (tertiary/aromatic N) is 2. The van der Waals surface area contributed by atoms with Crippen molar-refractivity contribution in [3.8, 4) is 5.75 Å². The molecular weight excluding hydrogens is 270 g/mol. The third-order valence-electron chi connectivity index (χ3n) is 3.97. The van der Waals surface area contributed by atoms with Gasteiger partial charge in [-0.15, -0.1) is 0 Å². The van der Waals surface area contributed by atoms with Gasteiger partial charge in [0.1, 0.15) is 5.75 Å². The summed E-state index contributed by atoms with van der Waals surface area (Å²) in [6.07, 6.45) is 2.51. The predicted molar refractivity (Wildman–Crippen MR) is 83.0 cm³/mol. The minimum absolute atomic E-state index is 0.0450. The third kappa shape index (κ3) is 4.60. The Morgan fingerprint density at radius 1 is 1.38 bits per heavy atom. The fourth-order valence-electron chi connectivity index (χ4n) is 2.55. The number of likely N-dealkylation sites (tertiary alicyclic amines) is 1. The highest BCUT2D eigenvalue weighted by Gasteiger charge is 2.15. The standard InChI is InChI=1S/C15H23N3O3/c1-12-3-6-17(7-4-12)8-5-16-13-9-14(18(19)20)11-15(10-13)21-2/h9-12,16H,3-8H2,1-2H3. The number of anilines is 1. The monoisotopic (exact) mass is 293 g/mol. The second-order valence-corrected chi connectivity index (χ2v) is 5.63. The Morgan fingerprint density at radius 2 is 2.10 bits per heavy atom. The van der Waals surface area contributed by atoms with Crippen molar-refractivity contribution < 1.29 is 9.66 Å². The van der Waals surface area contributed by atoms with Gasteiger partial charge < -0.3 is 15.0 Å². The van der Waals surface area contributed by atoms with Crippen LogP contribution in [0.2, 0.25) is 0 Å². The lowest BCUT2D eigenvalue weighted by molar-refractivity contribution is -0.384. The van der Waals surface area contributed by atoms with E-state index in [1.54, 1.807) is 12.1 Å². The van der Waals surface area contributed by atoms with Gasteiger partial charge in [0.15, 0.2) is 0 Å². The van der Waals surface area contributed by atoms with Crippen LogP contribution >= 0.6 is 0 Å². The van der Waals surface area contributed by atoms with Crippen molar-refractivity contribution in [3.05, 3.63) is 28.3 Å². The zero-order valence-corrected chi connectivity index (χ0v) is 12.7. The zero-order valence-electron chi connectivity index (χ0n) is 12.7. The molecule has 0 aromatic heterocycles. The van der Waals surface area contributed by atoms with E-state index in [1.807, 2.05) is 0 Å². The van der Waals surface area contributed by atoms with Gasteiger partial charge in [0.05, 0.1) is 18.1 Å². The van der Waals surface area contributed by atoms with Gasteiger partial charge in [-0.1, -0.05) is 6.92 Å². The van der Waals surface area contributed by atoms with Crippen molar-refractivity contribution >= 4 is 11.4 Å². The Bertz CT molecular complexity index is 485.